The molecule has 0 aliphatic carbocycles. The van der Waals surface area contributed by atoms with Crippen LogP contribution in [0.2, 0.25) is 0 Å². The SMILES string of the molecule is COc1ccccc1NS(=O)(=O)c1ccc(C)c([N+](=O)[O-])c1. The summed E-state index contributed by atoms with van der Waals surface area (Å²) in [6, 6.07) is 10.3. The molecule has 2 aromatic carbocycles. The Bertz CT molecular complexity index is 818. The van der Waals surface area contributed by atoms with Crippen molar-refractivity contribution in [2.45, 2.75) is 11.8 Å². The number of benzene rings is 2. The highest BCUT2D eigenvalue weighted by molar-refractivity contribution is 7.92. The first kappa shape index (κ1) is 15.8. The van der Waals surface area contributed by atoms with Gasteiger partial charge in [0, 0.05) is 11.6 Å². The van der Waals surface area contributed by atoms with Gasteiger partial charge in [0.15, 0.2) is 0 Å². The Kier molecular flexibility index (Phi) is 4.32. The summed E-state index contributed by atoms with van der Waals surface area (Å²) in [4.78, 5) is 10.1. The van der Waals surface area contributed by atoms with Crippen LogP contribution in [-0.2, 0) is 10.0 Å². The van der Waals surface area contributed by atoms with Crippen molar-refractivity contribution >= 4 is 21.4 Å². The van der Waals surface area contributed by atoms with Crippen LogP contribution in [0.25, 0.3) is 0 Å². The second kappa shape index (κ2) is 6.02. The number of nitro groups is 1. The third-order valence-corrected chi connectivity index (χ3v) is 4.40. The zero-order chi connectivity index (χ0) is 16.3. The van der Waals surface area contributed by atoms with E-state index in [0.717, 1.165) is 6.07 Å². The van der Waals surface area contributed by atoms with Crippen molar-refractivity contribution in [3.05, 3.63) is 58.1 Å². The molecule has 0 aromatic heterocycles. The van der Waals surface area contributed by atoms with E-state index in [0.29, 0.717) is 11.3 Å². The quantitative estimate of drug-likeness (QED) is 0.674. The normalized spacial score (nSPS) is 11.0. The maximum atomic E-state index is 12.4. The molecule has 0 unspecified atom stereocenters. The lowest BCUT2D eigenvalue weighted by atomic mass is 10.2. The molecule has 0 heterocycles. The fourth-order valence-electron chi connectivity index (χ4n) is 1.89. The van der Waals surface area contributed by atoms with Gasteiger partial charge >= 0.3 is 0 Å². The molecule has 1 N–H and O–H groups in total. The lowest BCUT2D eigenvalue weighted by Gasteiger charge is -2.11. The average Bonchev–Trinajstić information content (AvgIpc) is 2.47. The molecule has 0 fully saturated rings. The van der Waals surface area contributed by atoms with E-state index in [-0.39, 0.29) is 16.3 Å². The van der Waals surface area contributed by atoms with Gasteiger partial charge in [-0.1, -0.05) is 18.2 Å². The van der Waals surface area contributed by atoms with Crippen LogP contribution in [0.1, 0.15) is 5.56 Å². The number of nitro benzene ring substituents is 1. The van der Waals surface area contributed by atoms with Crippen LogP contribution in [0.3, 0.4) is 0 Å². The highest BCUT2D eigenvalue weighted by atomic mass is 32.2. The molecule has 0 radical (unpaired) electrons. The molecular formula is C14H14N2O5S. The van der Waals surface area contributed by atoms with E-state index in [4.69, 9.17) is 4.74 Å². The van der Waals surface area contributed by atoms with Crippen molar-refractivity contribution < 1.29 is 18.1 Å². The average molecular weight is 322 g/mol. The van der Waals surface area contributed by atoms with E-state index >= 15 is 0 Å². The van der Waals surface area contributed by atoms with Crippen molar-refractivity contribution in [3.8, 4) is 5.75 Å². The number of anilines is 1. The number of para-hydroxylation sites is 2. The first-order valence-electron chi connectivity index (χ1n) is 6.26. The third kappa shape index (κ3) is 3.17. The summed E-state index contributed by atoms with van der Waals surface area (Å²) in [5, 5.41) is 10.9. The van der Waals surface area contributed by atoms with Gasteiger partial charge in [-0.25, -0.2) is 8.42 Å². The van der Waals surface area contributed by atoms with Gasteiger partial charge in [0.2, 0.25) is 0 Å². The van der Waals surface area contributed by atoms with Crippen molar-refractivity contribution in [1.29, 1.82) is 0 Å². The number of sulfonamides is 1. The van der Waals surface area contributed by atoms with Crippen LogP contribution in [-0.4, -0.2) is 20.5 Å². The van der Waals surface area contributed by atoms with Gasteiger partial charge in [-0.2, -0.15) is 0 Å². The number of aryl methyl sites for hydroxylation is 1. The van der Waals surface area contributed by atoms with Crippen LogP contribution in [0.15, 0.2) is 47.4 Å². The first-order chi connectivity index (χ1) is 10.3. The molecule has 0 amide bonds. The number of nitrogens with zero attached hydrogens (tertiary/aromatic N) is 1. The van der Waals surface area contributed by atoms with Crippen LogP contribution in [0.4, 0.5) is 11.4 Å². The largest absolute Gasteiger partial charge is 0.495 e. The van der Waals surface area contributed by atoms with Crippen LogP contribution in [0, 0.1) is 17.0 Å². The Balaban J connectivity index is 2.43. The summed E-state index contributed by atoms with van der Waals surface area (Å²) in [5.74, 6) is 0.354. The monoisotopic (exact) mass is 322 g/mol. The zero-order valence-corrected chi connectivity index (χ0v) is 12.8. The number of ether oxygens (including phenoxy) is 1. The number of hydrogen-bond acceptors (Lipinski definition) is 5. The first-order valence-corrected chi connectivity index (χ1v) is 7.74. The number of hydrogen-bond donors (Lipinski definition) is 1. The summed E-state index contributed by atoms with van der Waals surface area (Å²) in [5.41, 5.74) is 0.400. The Hall–Kier alpha value is -2.61. The highest BCUT2D eigenvalue weighted by Crippen LogP contribution is 2.28. The number of nitrogens with one attached hydrogen (secondary N) is 1. The summed E-state index contributed by atoms with van der Waals surface area (Å²) in [6.07, 6.45) is 0. The molecule has 0 atom stereocenters. The second-order valence-electron chi connectivity index (χ2n) is 4.51. The zero-order valence-electron chi connectivity index (χ0n) is 11.9. The Labute approximate surface area is 127 Å². The summed E-state index contributed by atoms with van der Waals surface area (Å²) < 4.78 is 32.2. The Morgan fingerprint density at radius 2 is 1.86 bits per heavy atom. The molecular weight excluding hydrogens is 308 g/mol. The second-order valence-corrected chi connectivity index (χ2v) is 6.19. The predicted octanol–water partition coefficient (Wildman–Crippen LogP) is 2.71. The van der Waals surface area contributed by atoms with Crippen LogP contribution < -0.4 is 9.46 Å². The minimum Gasteiger partial charge on any atom is -0.495 e. The molecule has 8 heteroatoms. The van der Waals surface area contributed by atoms with Crippen molar-refractivity contribution in [2.75, 3.05) is 11.8 Å². The van der Waals surface area contributed by atoms with Crippen molar-refractivity contribution in [2.24, 2.45) is 0 Å². The molecule has 0 saturated heterocycles. The van der Waals surface area contributed by atoms with Gasteiger partial charge in [0.05, 0.1) is 22.6 Å². The highest BCUT2D eigenvalue weighted by Gasteiger charge is 2.20. The number of methoxy groups -OCH3 is 1. The molecule has 0 bridgehead atoms. The van der Waals surface area contributed by atoms with Gasteiger partial charge in [-0.3, -0.25) is 14.8 Å². The smallest absolute Gasteiger partial charge is 0.273 e. The van der Waals surface area contributed by atoms with Crippen molar-refractivity contribution in [1.82, 2.24) is 0 Å². The van der Waals surface area contributed by atoms with Gasteiger partial charge in [-0.05, 0) is 25.1 Å². The van der Waals surface area contributed by atoms with Crippen LogP contribution in [0.5, 0.6) is 5.75 Å². The minimum atomic E-state index is -3.95. The van der Waals surface area contributed by atoms with Gasteiger partial charge < -0.3 is 4.74 Å². The fraction of sp³-hybridized carbons (Fsp3) is 0.143. The molecule has 0 saturated carbocycles. The maximum Gasteiger partial charge on any atom is 0.273 e. The summed E-state index contributed by atoms with van der Waals surface area (Å²) in [6.45, 7) is 1.54. The molecule has 2 aromatic rings. The molecule has 116 valence electrons. The standard InChI is InChI=1S/C14H14N2O5S/c1-10-7-8-11(9-13(10)16(17)18)22(19,20)15-12-5-3-4-6-14(12)21-2/h3-9,15H,1-2H3. The van der Waals surface area contributed by atoms with Crippen molar-refractivity contribution in [3.63, 3.8) is 0 Å². The molecule has 2 rings (SSSR count). The van der Waals surface area contributed by atoms with Gasteiger partial charge in [0.1, 0.15) is 5.75 Å². The topological polar surface area (TPSA) is 98.5 Å². The molecule has 7 nitrogen and oxygen atoms in total. The van der Waals surface area contributed by atoms with E-state index in [1.54, 1.807) is 31.2 Å². The minimum absolute atomic E-state index is 0.185. The Morgan fingerprint density at radius 1 is 1.18 bits per heavy atom. The van der Waals surface area contributed by atoms with E-state index in [9.17, 15) is 18.5 Å². The fourth-order valence-corrected chi connectivity index (χ4v) is 2.98. The Morgan fingerprint density at radius 3 is 2.50 bits per heavy atom. The van der Waals surface area contributed by atoms with Crippen LogP contribution >= 0.6 is 0 Å². The molecule has 0 aliphatic heterocycles. The lowest BCUT2D eigenvalue weighted by Crippen LogP contribution is -2.14. The molecule has 22 heavy (non-hydrogen) atoms. The van der Waals surface area contributed by atoms with E-state index in [1.165, 1.54) is 19.2 Å². The van der Waals surface area contributed by atoms with Gasteiger partial charge in [-0.15, -0.1) is 0 Å². The molecule has 0 aliphatic rings. The van der Waals surface area contributed by atoms with E-state index in [2.05, 4.69) is 4.72 Å². The van der Waals surface area contributed by atoms with E-state index < -0.39 is 14.9 Å². The third-order valence-electron chi connectivity index (χ3n) is 3.04. The van der Waals surface area contributed by atoms with E-state index in [1.807, 2.05) is 0 Å². The summed E-state index contributed by atoms with van der Waals surface area (Å²) >= 11 is 0. The maximum absolute atomic E-state index is 12.4. The summed E-state index contributed by atoms with van der Waals surface area (Å²) in [7, 11) is -2.53. The van der Waals surface area contributed by atoms with Gasteiger partial charge in [0.25, 0.3) is 15.7 Å². The lowest BCUT2D eigenvalue weighted by molar-refractivity contribution is -0.385. The predicted molar refractivity (Wildman–Crippen MR) is 81.6 cm³/mol. The number of rotatable bonds is 5. The molecule has 0 spiro atoms.